The fraction of sp³-hybridized carbons (Fsp3) is 0.100. The molecule has 10 heteroatoms. The fourth-order valence-electron chi connectivity index (χ4n) is 1.35. The third kappa shape index (κ3) is 3.13. The number of sulfonamides is 1. The smallest absolute Gasteiger partial charge is 0.337 e. The Balaban J connectivity index is 2.25. The molecule has 8 nitrogen and oxygen atoms in total. The van der Waals surface area contributed by atoms with Gasteiger partial charge in [-0.15, -0.1) is 0 Å². The summed E-state index contributed by atoms with van der Waals surface area (Å²) >= 11 is 5.67. The highest BCUT2D eigenvalue weighted by Crippen LogP contribution is 2.20. The van der Waals surface area contributed by atoms with Gasteiger partial charge in [0, 0.05) is 0 Å². The molecule has 0 atom stereocenters. The van der Waals surface area contributed by atoms with E-state index in [1.165, 1.54) is 12.1 Å². The number of nitrogens with one attached hydrogen (secondary N) is 1. The highest BCUT2D eigenvalue weighted by Gasteiger charge is 2.18. The van der Waals surface area contributed by atoms with Crippen molar-refractivity contribution >= 4 is 27.6 Å². The Morgan fingerprint density at radius 2 is 2.20 bits per heavy atom. The zero-order valence-corrected chi connectivity index (χ0v) is 11.3. The first-order valence-corrected chi connectivity index (χ1v) is 7.04. The van der Waals surface area contributed by atoms with Crippen LogP contribution in [0.25, 0.3) is 0 Å². The first kappa shape index (κ1) is 14.4. The first-order chi connectivity index (χ1) is 9.40. The molecule has 0 radical (unpaired) electrons. The van der Waals surface area contributed by atoms with Crippen molar-refractivity contribution < 1.29 is 22.8 Å². The average Bonchev–Trinajstić information content (AvgIpc) is 2.89. The van der Waals surface area contributed by atoms with E-state index >= 15 is 0 Å². The van der Waals surface area contributed by atoms with E-state index in [0.29, 0.717) is 0 Å². The van der Waals surface area contributed by atoms with E-state index in [1.807, 2.05) is 0 Å². The Labute approximate surface area is 118 Å². The second-order valence-electron chi connectivity index (χ2n) is 3.62. The van der Waals surface area contributed by atoms with E-state index in [4.69, 9.17) is 16.7 Å². The van der Waals surface area contributed by atoms with Crippen molar-refractivity contribution in [2.75, 3.05) is 0 Å². The molecular formula is C10H8ClN3O5S. The number of carboxylic acids is 1. The molecule has 106 valence electrons. The molecule has 2 aromatic rings. The maximum atomic E-state index is 12.0. The zero-order valence-electron chi connectivity index (χ0n) is 9.78. The number of aromatic nitrogens is 2. The van der Waals surface area contributed by atoms with Gasteiger partial charge in [-0.25, -0.2) is 17.9 Å². The topological polar surface area (TPSA) is 122 Å². The van der Waals surface area contributed by atoms with Crippen LogP contribution in [0.2, 0.25) is 5.02 Å². The molecule has 0 saturated carbocycles. The molecule has 1 heterocycles. The molecule has 0 aliphatic carbocycles. The van der Waals surface area contributed by atoms with Crippen LogP contribution >= 0.6 is 11.6 Å². The summed E-state index contributed by atoms with van der Waals surface area (Å²) in [5, 5.41) is 12.3. The third-order valence-electron chi connectivity index (χ3n) is 2.31. The van der Waals surface area contributed by atoms with Crippen molar-refractivity contribution in [3.05, 3.63) is 41.0 Å². The Morgan fingerprint density at radius 3 is 2.80 bits per heavy atom. The molecule has 0 fully saturated rings. The SMILES string of the molecule is O=C(O)c1cc(S(=O)(=O)NCc2ncon2)ccc1Cl. The first-order valence-electron chi connectivity index (χ1n) is 5.18. The number of hydrogen-bond donors (Lipinski definition) is 2. The Bertz CT molecular complexity index is 729. The highest BCUT2D eigenvalue weighted by atomic mass is 35.5. The molecular weight excluding hydrogens is 310 g/mol. The van der Waals surface area contributed by atoms with Crippen molar-refractivity contribution in [2.45, 2.75) is 11.4 Å². The number of rotatable bonds is 5. The number of carbonyl (C=O) groups is 1. The van der Waals surface area contributed by atoms with Crippen LogP contribution in [0.15, 0.2) is 34.0 Å². The second kappa shape index (κ2) is 5.57. The van der Waals surface area contributed by atoms with Crippen LogP contribution in [-0.4, -0.2) is 29.6 Å². The van der Waals surface area contributed by atoms with E-state index in [1.54, 1.807) is 0 Å². The average molecular weight is 318 g/mol. The number of aromatic carboxylic acids is 1. The minimum Gasteiger partial charge on any atom is -0.478 e. The molecule has 2 N–H and O–H groups in total. The molecule has 0 spiro atoms. The van der Waals surface area contributed by atoms with Crippen LogP contribution in [0.1, 0.15) is 16.2 Å². The fourth-order valence-corrected chi connectivity index (χ4v) is 2.55. The maximum Gasteiger partial charge on any atom is 0.337 e. The zero-order chi connectivity index (χ0) is 14.8. The predicted molar refractivity (Wildman–Crippen MR) is 66.7 cm³/mol. The molecule has 1 aromatic carbocycles. The van der Waals surface area contributed by atoms with E-state index in [-0.39, 0.29) is 27.9 Å². The van der Waals surface area contributed by atoms with Crippen LogP contribution in [0.5, 0.6) is 0 Å². The lowest BCUT2D eigenvalue weighted by atomic mass is 10.2. The lowest BCUT2D eigenvalue weighted by Crippen LogP contribution is -2.24. The summed E-state index contributed by atoms with van der Waals surface area (Å²) in [7, 11) is -3.90. The quantitative estimate of drug-likeness (QED) is 0.839. The van der Waals surface area contributed by atoms with Crippen LogP contribution in [-0.2, 0) is 16.6 Å². The normalized spacial score (nSPS) is 11.4. The van der Waals surface area contributed by atoms with Gasteiger partial charge < -0.3 is 9.63 Å². The standard InChI is InChI=1S/C10H8ClN3O5S/c11-8-2-1-6(3-7(8)10(15)16)20(17,18)13-4-9-12-5-19-14-9/h1-3,5,13H,4H2,(H,15,16). The van der Waals surface area contributed by atoms with Gasteiger partial charge in [0.25, 0.3) is 0 Å². The summed E-state index contributed by atoms with van der Waals surface area (Å²) in [5.41, 5.74) is -0.297. The minimum atomic E-state index is -3.90. The molecule has 20 heavy (non-hydrogen) atoms. The second-order valence-corrected chi connectivity index (χ2v) is 5.79. The summed E-state index contributed by atoms with van der Waals surface area (Å²) in [5.74, 6) is -1.16. The molecule has 0 unspecified atom stereocenters. The van der Waals surface area contributed by atoms with E-state index in [9.17, 15) is 13.2 Å². The van der Waals surface area contributed by atoms with Crippen LogP contribution in [0.4, 0.5) is 0 Å². The minimum absolute atomic E-state index is 0.0467. The lowest BCUT2D eigenvalue weighted by molar-refractivity contribution is 0.0697. The molecule has 0 aliphatic heterocycles. The molecule has 1 aromatic heterocycles. The number of halogens is 1. The number of carboxylic acid groups (broad SMARTS) is 1. The van der Waals surface area contributed by atoms with Crippen LogP contribution < -0.4 is 4.72 Å². The maximum absolute atomic E-state index is 12.0. The Kier molecular flexibility index (Phi) is 4.02. The van der Waals surface area contributed by atoms with Gasteiger partial charge in [0.05, 0.1) is 22.0 Å². The van der Waals surface area contributed by atoms with Gasteiger partial charge in [-0.3, -0.25) is 0 Å². The highest BCUT2D eigenvalue weighted by molar-refractivity contribution is 7.89. The summed E-state index contributed by atoms with van der Waals surface area (Å²) < 4.78 is 30.6. The number of nitrogens with zero attached hydrogens (tertiary/aromatic N) is 2. The van der Waals surface area contributed by atoms with Crippen LogP contribution in [0.3, 0.4) is 0 Å². The molecule has 0 amide bonds. The van der Waals surface area contributed by atoms with E-state index in [0.717, 1.165) is 12.5 Å². The number of hydrogen-bond acceptors (Lipinski definition) is 6. The van der Waals surface area contributed by atoms with Crippen molar-refractivity contribution in [2.24, 2.45) is 0 Å². The summed E-state index contributed by atoms with van der Waals surface area (Å²) in [4.78, 5) is 14.3. The Morgan fingerprint density at radius 1 is 1.45 bits per heavy atom. The summed E-state index contributed by atoms with van der Waals surface area (Å²) in [6.45, 7) is -0.177. The lowest BCUT2D eigenvalue weighted by Gasteiger charge is -2.06. The van der Waals surface area contributed by atoms with E-state index in [2.05, 4.69) is 19.4 Å². The third-order valence-corrected chi connectivity index (χ3v) is 4.03. The van der Waals surface area contributed by atoms with Crippen molar-refractivity contribution in [1.82, 2.24) is 14.9 Å². The van der Waals surface area contributed by atoms with Crippen molar-refractivity contribution in [1.29, 1.82) is 0 Å². The predicted octanol–water partition coefficient (Wildman–Crippen LogP) is 0.900. The summed E-state index contributed by atoms with van der Waals surface area (Å²) in [6, 6.07) is 3.38. The molecule has 0 saturated heterocycles. The molecule has 0 bridgehead atoms. The van der Waals surface area contributed by atoms with E-state index < -0.39 is 16.0 Å². The number of benzene rings is 1. The van der Waals surface area contributed by atoms with Gasteiger partial charge in [-0.1, -0.05) is 16.8 Å². The van der Waals surface area contributed by atoms with Crippen LogP contribution in [0, 0.1) is 0 Å². The van der Waals surface area contributed by atoms with Crippen molar-refractivity contribution in [3.63, 3.8) is 0 Å². The Hall–Kier alpha value is -1.97. The van der Waals surface area contributed by atoms with Gasteiger partial charge in [0.1, 0.15) is 0 Å². The van der Waals surface area contributed by atoms with Gasteiger partial charge in [0.15, 0.2) is 5.82 Å². The molecule has 2 rings (SSSR count). The monoisotopic (exact) mass is 317 g/mol. The van der Waals surface area contributed by atoms with Gasteiger partial charge in [-0.05, 0) is 18.2 Å². The van der Waals surface area contributed by atoms with Gasteiger partial charge >= 0.3 is 5.97 Å². The molecule has 0 aliphatic rings. The summed E-state index contributed by atoms with van der Waals surface area (Å²) in [6.07, 6.45) is 1.06. The van der Waals surface area contributed by atoms with Gasteiger partial charge in [-0.2, -0.15) is 4.98 Å². The van der Waals surface area contributed by atoms with Crippen molar-refractivity contribution in [3.8, 4) is 0 Å². The van der Waals surface area contributed by atoms with Gasteiger partial charge in [0.2, 0.25) is 16.4 Å². The largest absolute Gasteiger partial charge is 0.478 e.